The number of carbonyl (C=O) groups is 2. The molecule has 2 spiro atoms. The van der Waals surface area contributed by atoms with Gasteiger partial charge in [-0.2, -0.15) is 0 Å². The molecule has 0 saturated carbocycles. The average Bonchev–Trinajstić information content (AvgIpc) is 3.32. The van der Waals surface area contributed by atoms with Crippen LogP contribution in [0.3, 0.4) is 0 Å². The molecule has 5 aliphatic heterocycles. The Morgan fingerprint density at radius 2 is 1.94 bits per heavy atom. The number of fused-ring (bicyclic) bond motifs is 7. The summed E-state index contributed by atoms with van der Waals surface area (Å²) >= 11 is 0. The number of nitrogens with one attached hydrogen (secondary N) is 2. The van der Waals surface area contributed by atoms with Crippen LogP contribution in [-0.2, 0) is 15.0 Å². The number of aliphatic hydroxyl groups excluding tert-OH is 1. The zero-order valence-electron chi connectivity index (χ0n) is 20.1. The fourth-order valence-corrected chi connectivity index (χ4v) is 7.85. The van der Waals surface area contributed by atoms with Crippen LogP contribution in [0.15, 0.2) is 18.2 Å². The van der Waals surface area contributed by atoms with Crippen LogP contribution in [-0.4, -0.2) is 50.0 Å². The first-order valence-corrected chi connectivity index (χ1v) is 12.4. The molecule has 1 aliphatic carbocycles. The first kappa shape index (κ1) is 20.6. The number of piperazine rings is 1. The van der Waals surface area contributed by atoms with E-state index in [-0.39, 0.29) is 17.7 Å². The van der Waals surface area contributed by atoms with Crippen LogP contribution in [0.2, 0.25) is 0 Å². The molecule has 0 radical (unpaired) electrons. The second kappa shape index (κ2) is 5.88. The maximum atomic E-state index is 14.2. The van der Waals surface area contributed by atoms with E-state index in [1.54, 1.807) is 4.90 Å². The fraction of sp³-hybridized carbons (Fsp3) is 0.556. The van der Waals surface area contributed by atoms with E-state index in [1.807, 2.05) is 32.1 Å². The molecule has 2 aromatic rings. The van der Waals surface area contributed by atoms with Crippen LogP contribution in [0, 0.1) is 5.92 Å². The minimum Gasteiger partial charge on any atom is -0.483 e. The monoisotopic (exact) mass is 461 g/mol. The van der Waals surface area contributed by atoms with E-state index in [2.05, 4.69) is 30.2 Å². The van der Waals surface area contributed by atoms with Crippen molar-refractivity contribution >= 4 is 28.8 Å². The van der Waals surface area contributed by atoms with Gasteiger partial charge < -0.3 is 25.0 Å². The van der Waals surface area contributed by atoms with Crippen LogP contribution in [0.25, 0.3) is 17.0 Å². The number of hydrogen-bond acceptors (Lipinski definition) is 4. The molecule has 4 saturated heterocycles. The molecule has 2 amide bonds. The Bertz CT molecular complexity index is 1340. The van der Waals surface area contributed by atoms with Crippen molar-refractivity contribution in [3.8, 4) is 5.75 Å². The molecule has 1 aromatic heterocycles. The summed E-state index contributed by atoms with van der Waals surface area (Å²) in [4.78, 5) is 33.2. The van der Waals surface area contributed by atoms with Crippen LogP contribution < -0.4 is 10.1 Å². The van der Waals surface area contributed by atoms with Gasteiger partial charge in [-0.1, -0.05) is 13.8 Å². The zero-order valence-corrected chi connectivity index (χ0v) is 20.1. The van der Waals surface area contributed by atoms with Crippen molar-refractivity contribution in [2.45, 2.75) is 81.6 Å². The van der Waals surface area contributed by atoms with Crippen LogP contribution in [0.4, 0.5) is 0 Å². The van der Waals surface area contributed by atoms with E-state index in [9.17, 15) is 14.7 Å². The van der Waals surface area contributed by atoms with Gasteiger partial charge in [0.2, 0.25) is 5.91 Å². The highest BCUT2D eigenvalue weighted by atomic mass is 16.5. The van der Waals surface area contributed by atoms with Gasteiger partial charge in [-0.25, -0.2) is 0 Å². The lowest BCUT2D eigenvalue weighted by Crippen LogP contribution is -2.77. The lowest BCUT2D eigenvalue weighted by molar-refractivity contribution is -0.168. The van der Waals surface area contributed by atoms with Crippen molar-refractivity contribution in [3.63, 3.8) is 0 Å². The number of aliphatic hydroxyl groups is 1. The number of rotatable bonds is 0. The van der Waals surface area contributed by atoms with Crippen LogP contribution in [0.5, 0.6) is 5.75 Å². The normalized spacial score (nSPS) is 36.3. The van der Waals surface area contributed by atoms with E-state index in [0.717, 1.165) is 39.9 Å². The lowest BCUT2D eigenvalue weighted by atomic mass is 9.56. The highest BCUT2D eigenvalue weighted by molar-refractivity contribution is 6.05. The second-order valence-electron chi connectivity index (χ2n) is 12.0. The number of H-pyrrole nitrogens is 1. The van der Waals surface area contributed by atoms with Crippen LogP contribution in [0.1, 0.15) is 76.3 Å². The molecule has 7 heteroatoms. The van der Waals surface area contributed by atoms with Gasteiger partial charge in [0.1, 0.15) is 23.0 Å². The summed E-state index contributed by atoms with van der Waals surface area (Å²) in [6.45, 7) is 8.90. The minimum atomic E-state index is -1.35. The molecule has 4 unspecified atom stereocenters. The summed E-state index contributed by atoms with van der Waals surface area (Å²) in [5.74, 6) is 0.359. The Labute approximate surface area is 198 Å². The summed E-state index contributed by atoms with van der Waals surface area (Å²) in [5, 5.41) is 16.1. The molecular formula is C27H31N3O4. The third-order valence-corrected chi connectivity index (χ3v) is 9.49. The summed E-state index contributed by atoms with van der Waals surface area (Å²) in [6, 6.07) is 3.92. The maximum Gasteiger partial charge on any atom is 0.252 e. The molecule has 4 atom stereocenters. The van der Waals surface area contributed by atoms with Gasteiger partial charge >= 0.3 is 0 Å². The highest BCUT2D eigenvalue weighted by Crippen LogP contribution is 2.60. The third-order valence-electron chi connectivity index (χ3n) is 9.49. The third kappa shape index (κ3) is 2.10. The number of carbonyl (C=O) groups excluding carboxylic acids is 2. The first-order valence-electron chi connectivity index (χ1n) is 12.4. The largest absolute Gasteiger partial charge is 0.483 e. The Kier molecular flexibility index (Phi) is 3.55. The molecule has 6 heterocycles. The molecule has 7 nitrogen and oxygen atoms in total. The topological polar surface area (TPSA) is 94.7 Å². The first-order chi connectivity index (χ1) is 16.0. The van der Waals surface area contributed by atoms with E-state index in [4.69, 9.17) is 4.74 Å². The standard InChI is InChI=1S/C27H31N3O4/c1-24(2)11-8-14-16(34-24)7-6-15-18-20(28-19(14)15)25(3,4)17-9-12-26-10-5-13-30(26)23(33)27(17,21(18)31)29-22(26)32/h6-8,11,17,21,28,31H,5,9-10,12-13H2,1-4H3,(H,29,32). The van der Waals surface area contributed by atoms with E-state index in [1.165, 1.54) is 0 Å². The zero-order chi connectivity index (χ0) is 23.8. The molecule has 4 fully saturated rings. The van der Waals surface area contributed by atoms with Gasteiger partial charge in [-0.05, 0) is 63.8 Å². The molecule has 1 aromatic carbocycles. The second-order valence-corrected chi connectivity index (χ2v) is 12.0. The molecule has 178 valence electrons. The fourth-order valence-electron chi connectivity index (χ4n) is 7.85. The van der Waals surface area contributed by atoms with Gasteiger partial charge in [-0.3, -0.25) is 9.59 Å². The lowest BCUT2D eigenvalue weighted by Gasteiger charge is -2.55. The quantitative estimate of drug-likeness (QED) is 0.561. The number of aromatic nitrogens is 1. The summed E-state index contributed by atoms with van der Waals surface area (Å²) in [5.41, 5.74) is 0.563. The number of amides is 2. The number of benzene rings is 1. The maximum absolute atomic E-state index is 14.2. The number of aromatic amines is 1. The van der Waals surface area contributed by atoms with E-state index < -0.39 is 28.2 Å². The van der Waals surface area contributed by atoms with Gasteiger partial charge in [0.25, 0.3) is 5.91 Å². The molecule has 2 bridgehead atoms. The Morgan fingerprint density at radius 3 is 2.74 bits per heavy atom. The summed E-state index contributed by atoms with van der Waals surface area (Å²) in [6.07, 6.45) is 5.85. The van der Waals surface area contributed by atoms with Crippen molar-refractivity contribution in [2.24, 2.45) is 5.92 Å². The van der Waals surface area contributed by atoms with E-state index >= 15 is 0 Å². The van der Waals surface area contributed by atoms with Crippen molar-refractivity contribution in [2.75, 3.05) is 6.54 Å². The number of hydrogen-bond donors (Lipinski definition) is 3. The van der Waals surface area contributed by atoms with Crippen molar-refractivity contribution in [1.82, 2.24) is 15.2 Å². The van der Waals surface area contributed by atoms with Gasteiger partial charge in [0.15, 0.2) is 5.54 Å². The molecule has 6 aliphatic rings. The molecular weight excluding hydrogens is 430 g/mol. The summed E-state index contributed by atoms with van der Waals surface area (Å²) < 4.78 is 6.19. The van der Waals surface area contributed by atoms with Crippen molar-refractivity contribution < 1.29 is 19.4 Å². The molecule has 3 N–H and O–H groups in total. The Hall–Kier alpha value is -2.80. The number of nitrogens with zero attached hydrogens (tertiary/aromatic N) is 1. The van der Waals surface area contributed by atoms with Crippen LogP contribution >= 0.6 is 0 Å². The Balaban J connectivity index is 1.49. The predicted molar refractivity (Wildman–Crippen MR) is 127 cm³/mol. The molecule has 8 rings (SSSR count). The van der Waals surface area contributed by atoms with Gasteiger partial charge in [0, 0.05) is 40.1 Å². The van der Waals surface area contributed by atoms with E-state index in [0.29, 0.717) is 25.8 Å². The smallest absolute Gasteiger partial charge is 0.252 e. The Morgan fingerprint density at radius 1 is 1.15 bits per heavy atom. The summed E-state index contributed by atoms with van der Waals surface area (Å²) in [7, 11) is 0. The van der Waals surface area contributed by atoms with Crippen molar-refractivity contribution in [1.29, 1.82) is 0 Å². The minimum absolute atomic E-state index is 0.0961. The predicted octanol–water partition coefficient (Wildman–Crippen LogP) is 3.32. The molecule has 34 heavy (non-hydrogen) atoms. The average molecular weight is 462 g/mol. The van der Waals surface area contributed by atoms with Gasteiger partial charge in [0.05, 0.1) is 5.52 Å². The highest BCUT2D eigenvalue weighted by Gasteiger charge is 2.72. The van der Waals surface area contributed by atoms with Crippen molar-refractivity contribution in [3.05, 3.63) is 35.0 Å². The SMILES string of the molecule is CC1(C)C=Cc2c(ccc3c4c([nH]c23)C(C)(C)C2CCC35CCCN3C(=O)C2(NC5=O)C4O)O1. The number of ether oxygens (including phenoxy) is 1. The van der Waals surface area contributed by atoms with Gasteiger partial charge in [-0.15, -0.1) is 0 Å².